The van der Waals surface area contributed by atoms with E-state index in [1.165, 1.54) is 44.6 Å². The number of methoxy groups -OCH3 is 3. The number of carbonyl (C=O) groups is 1. The molecule has 0 aliphatic heterocycles. The standard InChI is InChI=1S/C27H31FN2O6S/c1-6-23(19-7-13-24(34-3)18(2)15-19)29-27(31)17-30(21-10-8-20(28)9-11-21)37(32,33)22-12-14-25(35-4)26(16-22)36-5/h7-16,23H,6,17H2,1-5H3,(H,29,31). The van der Waals surface area contributed by atoms with Gasteiger partial charge in [0.1, 0.15) is 18.1 Å². The van der Waals surface area contributed by atoms with Gasteiger partial charge in [-0.15, -0.1) is 0 Å². The third-order valence-electron chi connectivity index (χ3n) is 5.91. The van der Waals surface area contributed by atoms with Gasteiger partial charge in [-0.05, 0) is 66.9 Å². The number of anilines is 1. The highest BCUT2D eigenvalue weighted by molar-refractivity contribution is 7.92. The van der Waals surface area contributed by atoms with Crippen LogP contribution in [-0.4, -0.2) is 42.2 Å². The molecule has 3 rings (SSSR count). The molecule has 0 aromatic heterocycles. The Hall–Kier alpha value is -3.79. The van der Waals surface area contributed by atoms with Crippen molar-refractivity contribution in [2.75, 3.05) is 32.2 Å². The molecule has 1 amide bonds. The molecule has 3 aromatic carbocycles. The van der Waals surface area contributed by atoms with E-state index in [9.17, 15) is 17.6 Å². The fraction of sp³-hybridized carbons (Fsp3) is 0.296. The molecule has 0 radical (unpaired) electrons. The lowest BCUT2D eigenvalue weighted by atomic mass is 10.0. The van der Waals surface area contributed by atoms with Crippen molar-refractivity contribution in [3.8, 4) is 17.2 Å². The van der Waals surface area contributed by atoms with E-state index < -0.39 is 28.3 Å². The average molecular weight is 531 g/mol. The SMILES string of the molecule is CCC(NC(=O)CN(c1ccc(F)cc1)S(=O)(=O)c1ccc(OC)c(OC)c1)c1ccc(OC)c(C)c1. The number of benzene rings is 3. The van der Waals surface area contributed by atoms with Crippen LogP contribution in [0.1, 0.15) is 30.5 Å². The molecular weight excluding hydrogens is 499 g/mol. The maximum Gasteiger partial charge on any atom is 0.264 e. The van der Waals surface area contributed by atoms with Crippen molar-refractivity contribution in [3.05, 3.63) is 77.6 Å². The van der Waals surface area contributed by atoms with Crippen molar-refractivity contribution in [1.82, 2.24) is 5.32 Å². The van der Waals surface area contributed by atoms with Gasteiger partial charge in [-0.25, -0.2) is 12.8 Å². The van der Waals surface area contributed by atoms with Crippen LogP contribution in [0.25, 0.3) is 0 Å². The molecule has 8 nitrogen and oxygen atoms in total. The van der Waals surface area contributed by atoms with E-state index in [1.54, 1.807) is 7.11 Å². The van der Waals surface area contributed by atoms with Gasteiger partial charge in [0.15, 0.2) is 11.5 Å². The molecule has 0 heterocycles. The molecule has 0 saturated carbocycles. The number of aryl methyl sites for hydroxylation is 1. The first-order valence-corrected chi connectivity index (χ1v) is 13.0. The van der Waals surface area contributed by atoms with Crippen LogP contribution in [0, 0.1) is 12.7 Å². The molecule has 3 aromatic rings. The van der Waals surface area contributed by atoms with Gasteiger partial charge in [0.2, 0.25) is 5.91 Å². The summed E-state index contributed by atoms with van der Waals surface area (Å²) in [5.41, 5.74) is 1.92. The van der Waals surface area contributed by atoms with Crippen LogP contribution in [0.3, 0.4) is 0 Å². The topological polar surface area (TPSA) is 94.2 Å². The van der Waals surface area contributed by atoms with Crippen LogP contribution in [0.4, 0.5) is 10.1 Å². The number of ether oxygens (including phenoxy) is 3. The lowest BCUT2D eigenvalue weighted by molar-refractivity contribution is -0.120. The second-order valence-corrected chi connectivity index (χ2v) is 10.1. The Bertz CT molecular complexity index is 1350. The van der Waals surface area contributed by atoms with Crippen LogP contribution >= 0.6 is 0 Å². The Morgan fingerprint density at radius 2 is 1.54 bits per heavy atom. The molecule has 0 spiro atoms. The molecule has 0 fully saturated rings. The average Bonchev–Trinajstić information content (AvgIpc) is 2.90. The molecule has 37 heavy (non-hydrogen) atoms. The van der Waals surface area contributed by atoms with Crippen LogP contribution in [0.15, 0.2) is 65.6 Å². The molecular formula is C27H31FN2O6S. The van der Waals surface area contributed by atoms with E-state index in [-0.39, 0.29) is 22.4 Å². The number of hydrogen-bond acceptors (Lipinski definition) is 6. The van der Waals surface area contributed by atoms with E-state index in [1.807, 2.05) is 32.0 Å². The largest absolute Gasteiger partial charge is 0.496 e. The number of nitrogens with one attached hydrogen (secondary N) is 1. The molecule has 198 valence electrons. The highest BCUT2D eigenvalue weighted by atomic mass is 32.2. The van der Waals surface area contributed by atoms with Crippen molar-refractivity contribution >= 4 is 21.6 Å². The molecule has 1 atom stereocenters. The van der Waals surface area contributed by atoms with Gasteiger partial charge >= 0.3 is 0 Å². The number of sulfonamides is 1. The fourth-order valence-corrected chi connectivity index (χ4v) is 5.37. The minimum absolute atomic E-state index is 0.111. The van der Waals surface area contributed by atoms with E-state index in [2.05, 4.69) is 5.32 Å². The molecule has 0 bridgehead atoms. The van der Waals surface area contributed by atoms with Crippen LogP contribution in [-0.2, 0) is 14.8 Å². The fourth-order valence-electron chi connectivity index (χ4n) is 3.94. The second kappa shape index (κ2) is 12.0. The van der Waals surface area contributed by atoms with Crippen molar-refractivity contribution in [2.45, 2.75) is 31.2 Å². The van der Waals surface area contributed by atoms with E-state index in [0.717, 1.165) is 33.3 Å². The first-order valence-electron chi connectivity index (χ1n) is 11.6. The number of halogens is 1. The number of rotatable bonds is 11. The molecule has 0 aliphatic carbocycles. The summed E-state index contributed by atoms with van der Waals surface area (Å²) in [6, 6.07) is 14.3. The maximum absolute atomic E-state index is 13.7. The second-order valence-electron chi connectivity index (χ2n) is 8.26. The van der Waals surface area contributed by atoms with E-state index >= 15 is 0 Å². The lowest BCUT2D eigenvalue weighted by Crippen LogP contribution is -2.42. The predicted molar refractivity (Wildman–Crippen MR) is 139 cm³/mol. The van der Waals surface area contributed by atoms with Gasteiger partial charge in [-0.1, -0.05) is 19.1 Å². The lowest BCUT2D eigenvalue weighted by Gasteiger charge is -2.26. The Labute approximate surface area is 217 Å². The monoisotopic (exact) mass is 530 g/mol. The van der Waals surface area contributed by atoms with Crippen molar-refractivity contribution in [2.24, 2.45) is 0 Å². The maximum atomic E-state index is 13.7. The molecule has 1 unspecified atom stereocenters. The number of carbonyl (C=O) groups excluding carboxylic acids is 1. The smallest absolute Gasteiger partial charge is 0.264 e. The molecule has 1 N–H and O–H groups in total. The van der Waals surface area contributed by atoms with Crippen LogP contribution in [0.5, 0.6) is 17.2 Å². The molecule has 10 heteroatoms. The summed E-state index contributed by atoms with van der Waals surface area (Å²) < 4.78 is 57.7. The normalized spacial score (nSPS) is 11.9. The summed E-state index contributed by atoms with van der Waals surface area (Å²) in [5.74, 6) is 0.251. The number of nitrogens with zero attached hydrogens (tertiary/aromatic N) is 1. The third-order valence-corrected chi connectivity index (χ3v) is 7.68. The summed E-state index contributed by atoms with van der Waals surface area (Å²) in [5, 5.41) is 2.92. The van der Waals surface area contributed by atoms with Crippen molar-refractivity contribution < 1.29 is 31.8 Å². The number of hydrogen-bond donors (Lipinski definition) is 1. The van der Waals surface area contributed by atoms with Gasteiger partial charge in [0.25, 0.3) is 10.0 Å². The van der Waals surface area contributed by atoms with Gasteiger partial charge in [0.05, 0.1) is 38.0 Å². The van der Waals surface area contributed by atoms with Gasteiger partial charge in [-0.3, -0.25) is 9.10 Å². The zero-order chi connectivity index (χ0) is 27.2. The minimum atomic E-state index is -4.24. The highest BCUT2D eigenvalue weighted by Crippen LogP contribution is 2.32. The Kier molecular flexibility index (Phi) is 8.99. The minimum Gasteiger partial charge on any atom is -0.496 e. The summed E-state index contributed by atoms with van der Waals surface area (Å²) in [4.78, 5) is 13.1. The van der Waals surface area contributed by atoms with Gasteiger partial charge in [0, 0.05) is 6.07 Å². The third kappa shape index (κ3) is 6.32. The summed E-state index contributed by atoms with van der Waals surface area (Å²) in [7, 11) is 0.177. The quantitative estimate of drug-likeness (QED) is 0.389. The highest BCUT2D eigenvalue weighted by Gasteiger charge is 2.29. The zero-order valence-corrected chi connectivity index (χ0v) is 22.3. The summed E-state index contributed by atoms with van der Waals surface area (Å²) in [6.45, 7) is 3.30. The summed E-state index contributed by atoms with van der Waals surface area (Å²) in [6.07, 6.45) is 0.580. The number of amides is 1. The van der Waals surface area contributed by atoms with Crippen molar-refractivity contribution in [3.63, 3.8) is 0 Å². The van der Waals surface area contributed by atoms with Crippen LogP contribution < -0.4 is 23.8 Å². The van der Waals surface area contributed by atoms with Crippen molar-refractivity contribution in [1.29, 1.82) is 0 Å². The first-order chi connectivity index (χ1) is 17.6. The first kappa shape index (κ1) is 27.8. The van der Waals surface area contributed by atoms with Gasteiger partial charge in [-0.2, -0.15) is 0 Å². The van der Waals surface area contributed by atoms with E-state index in [4.69, 9.17) is 14.2 Å². The zero-order valence-electron chi connectivity index (χ0n) is 21.4. The Morgan fingerprint density at radius 1 is 0.919 bits per heavy atom. The predicted octanol–water partition coefficient (Wildman–Crippen LogP) is 4.62. The van der Waals surface area contributed by atoms with Crippen LogP contribution in [0.2, 0.25) is 0 Å². The van der Waals surface area contributed by atoms with E-state index in [0.29, 0.717) is 12.2 Å². The van der Waals surface area contributed by atoms with Gasteiger partial charge < -0.3 is 19.5 Å². The Morgan fingerprint density at radius 3 is 2.11 bits per heavy atom. The molecule has 0 aliphatic rings. The Balaban J connectivity index is 1.94. The summed E-state index contributed by atoms with van der Waals surface area (Å²) >= 11 is 0. The molecule has 0 saturated heterocycles.